The molecular weight excluding hydrogens is 260 g/mol. The quantitative estimate of drug-likeness (QED) is 0.609. The highest BCUT2D eigenvalue weighted by molar-refractivity contribution is 5.85. The molecule has 0 bridgehead atoms. The number of carbonyl (C=O) groups is 1. The number of carbonyl (C=O) groups excluding carboxylic acids is 1. The predicted molar refractivity (Wildman–Crippen MR) is 73.0 cm³/mol. The first-order chi connectivity index (χ1) is 9.71. The van der Waals surface area contributed by atoms with Gasteiger partial charge in [0.2, 0.25) is 0 Å². The van der Waals surface area contributed by atoms with Crippen molar-refractivity contribution in [2.45, 2.75) is 6.10 Å². The molecule has 0 amide bonds. The second kappa shape index (κ2) is 6.14. The highest BCUT2D eigenvalue weighted by atomic mass is 16.6. The van der Waals surface area contributed by atoms with Gasteiger partial charge in [-0.3, -0.25) is 0 Å². The van der Waals surface area contributed by atoms with E-state index in [2.05, 4.69) is 0 Å². The Kier molecular flexibility index (Phi) is 4.30. The number of esters is 1. The zero-order valence-electron chi connectivity index (χ0n) is 11.6. The number of benzene rings is 1. The number of hydrogen-bond acceptors (Lipinski definition) is 5. The van der Waals surface area contributed by atoms with E-state index in [4.69, 9.17) is 18.9 Å². The molecule has 5 heteroatoms. The molecule has 20 heavy (non-hydrogen) atoms. The van der Waals surface area contributed by atoms with Crippen LogP contribution in [0.2, 0.25) is 0 Å². The van der Waals surface area contributed by atoms with Crippen molar-refractivity contribution in [2.75, 3.05) is 21.3 Å². The average Bonchev–Trinajstić information content (AvgIpc) is 2.90. The molecule has 0 fully saturated rings. The van der Waals surface area contributed by atoms with E-state index < -0.39 is 12.1 Å². The SMILES string of the molecule is COC(=C(OC)C1C=CC(=O)O1)c1ccccc1OC. The Morgan fingerprint density at radius 2 is 1.90 bits per heavy atom. The van der Waals surface area contributed by atoms with Crippen LogP contribution in [0.1, 0.15) is 5.56 Å². The molecule has 5 nitrogen and oxygen atoms in total. The van der Waals surface area contributed by atoms with Crippen molar-refractivity contribution in [1.29, 1.82) is 0 Å². The summed E-state index contributed by atoms with van der Waals surface area (Å²) in [6.07, 6.45) is 2.39. The standard InChI is InChI=1S/C15H16O5/c1-17-11-7-5-4-6-10(11)14(18-2)15(19-3)12-8-9-13(16)20-12/h4-9,12H,1-3H3. The first-order valence-electron chi connectivity index (χ1n) is 6.05. The number of cyclic esters (lactones) is 1. The van der Waals surface area contributed by atoms with Crippen LogP contribution in [0.4, 0.5) is 0 Å². The minimum atomic E-state index is -0.590. The Bertz CT molecular complexity index is 559. The molecular formula is C15H16O5. The summed E-state index contributed by atoms with van der Waals surface area (Å²) in [5, 5.41) is 0. The van der Waals surface area contributed by atoms with Crippen molar-refractivity contribution in [3.63, 3.8) is 0 Å². The summed E-state index contributed by atoms with van der Waals surface area (Å²) in [5.74, 6) is 1.13. The number of hydrogen-bond donors (Lipinski definition) is 0. The van der Waals surface area contributed by atoms with E-state index in [0.29, 0.717) is 17.3 Å². The lowest BCUT2D eigenvalue weighted by Crippen LogP contribution is -2.15. The average molecular weight is 276 g/mol. The second-order valence-corrected chi connectivity index (χ2v) is 4.02. The maximum absolute atomic E-state index is 11.2. The Balaban J connectivity index is 2.49. The fraction of sp³-hybridized carbons (Fsp3) is 0.267. The van der Waals surface area contributed by atoms with E-state index in [1.807, 2.05) is 24.3 Å². The molecule has 0 saturated heterocycles. The summed E-state index contributed by atoms with van der Waals surface area (Å²) < 4.78 is 21.2. The van der Waals surface area contributed by atoms with E-state index in [0.717, 1.165) is 5.56 Å². The number of ether oxygens (including phenoxy) is 4. The van der Waals surface area contributed by atoms with E-state index >= 15 is 0 Å². The summed E-state index contributed by atoms with van der Waals surface area (Å²) in [6.45, 7) is 0. The van der Waals surface area contributed by atoms with Gasteiger partial charge in [0.15, 0.2) is 17.6 Å². The summed E-state index contributed by atoms with van der Waals surface area (Å²) in [5.41, 5.74) is 0.727. The van der Waals surface area contributed by atoms with Crippen LogP contribution in [-0.4, -0.2) is 33.4 Å². The smallest absolute Gasteiger partial charge is 0.331 e. The van der Waals surface area contributed by atoms with Crippen LogP contribution in [0, 0.1) is 0 Å². The molecule has 0 radical (unpaired) electrons. The third-order valence-corrected chi connectivity index (χ3v) is 2.91. The maximum atomic E-state index is 11.2. The summed E-state index contributed by atoms with van der Waals surface area (Å²) in [6, 6.07) is 7.38. The third-order valence-electron chi connectivity index (χ3n) is 2.91. The Morgan fingerprint density at radius 1 is 1.15 bits per heavy atom. The first-order valence-corrected chi connectivity index (χ1v) is 6.05. The summed E-state index contributed by atoms with van der Waals surface area (Å²) >= 11 is 0. The van der Waals surface area contributed by atoms with Crippen LogP contribution < -0.4 is 4.74 Å². The topological polar surface area (TPSA) is 54.0 Å². The van der Waals surface area contributed by atoms with Gasteiger partial charge in [-0.05, 0) is 18.2 Å². The van der Waals surface area contributed by atoms with Gasteiger partial charge in [0.1, 0.15) is 5.75 Å². The van der Waals surface area contributed by atoms with Crippen LogP contribution in [0.25, 0.3) is 5.76 Å². The first kappa shape index (κ1) is 14.0. The molecule has 106 valence electrons. The Morgan fingerprint density at radius 3 is 2.45 bits per heavy atom. The van der Waals surface area contributed by atoms with Crippen molar-refractivity contribution >= 4 is 11.7 Å². The van der Waals surface area contributed by atoms with Crippen LogP contribution in [0.5, 0.6) is 5.75 Å². The molecule has 0 aromatic heterocycles. The van der Waals surface area contributed by atoms with Crippen LogP contribution in [0.15, 0.2) is 42.2 Å². The lowest BCUT2D eigenvalue weighted by Gasteiger charge is -2.18. The molecule has 0 saturated carbocycles. The number of rotatable bonds is 5. The zero-order chi connectivity index (χ0) is 14.5. The molecule has 1 atom stereocenters. The highest BCUT2D eigenvalue weighted by Gasteiger charge is 2.27. The molecule has 1 aliphatic rings. The molecule has 1 unspecified atom stereocenters. The van der Waals surface area contributed by atoms with Gasteiger partial charge in [0, 0.05) is 6.08 Å². The molecule has 1 heterocycles. The highest BCUT2D eigenvalue weighted by Crippen LogP contribution is 2.31. The number of para-hydroxylation sites is 1. The molecule has 0 spiro atoms. The van der Waals surface area contributed by atoms with Gasteiger partial charge in [0.25, 0.3) is 0 Å². The molecule has 0 N–H and O–H groups in total. The molecule has 0 aliphatic carbocycles. The van der Waals surface area contributed by atoms with E-state index in [1.165, 1.54) is 20.3 Å². The lowest BCUT2D eigenvalue weighted by atomic mass is 10.1. The largest absolute Gasteiger partial charge is 0.496 e. The van der Waals surface area contributed by atoms with Crippen molar-refractivity contribution in [1.82, 2.24) is 0 Å². The van der Waals surface area contributed by atoms with Gasteiger partial charge in [-0.25, -0.2) is 4.79 Å². The van der Waals surface area contributed by atoms with Gasteiger partial charge in [-0.1, -0.05) is 12.1 Å². The predicted octanol–water partition coefficient (Wildman–Crippen LogP) is 2.14. The van der Waals surface area contributed by atoms with E-state index in [1.54, 1.807) is 13.2 Å². The van der Waals surface area contributed by atoms with E-state index in [9.17, 15) is 4.79 Å². The molecule has 1 aromatic carbocycles. The van der Waals surface area contributed by atoms with E-state index in [-0.39, 0.29) is 0 Å². The van der Waals surface area contributed by atoms with Crippen molar-refractivity contribution < 1.29 is 23.7 Å². The van der Waals surface area contributed by atoms with Gasteiger partial charge in [-0.2, -0.15) is 0 Å². The Labute approximate surface area is 117 Å². The van der Waals surface area contributed by atoms with Crippen LogP contribution >= 0.6 is 0 Å². The molecule has 2 rings (SSSR count). The minimum absolute atomic E-state index is 0.403. The Hall–Kier alpha value is -2.43. The zero-order valence-corrected chi connectivity index (χ0v) is 11.6. The molecule has 1 aliphatic heterocycles. The fourth-order valence-electron chi connectivity index (χ4n) is 2.02. The van der Waals surface area contributed by atoms with Crippen molar-refractivity contribution in [2.24, 2.45) is 0 Å². The van der Waals surface area contributed by atoms with Crippen molar-refractivity contribution in [3.8, 4) is 5.75 Å². The fourth-order valence-corrected chi connectivity index (χ4v) is 2.02. The van der Waals surface area contributed by atoms with Crippen LogP contribution in [0.3, 0.4) is 0 Å². The normalized spacial score (nSPS) is 18.4. The lowest BCUT2D eigenvalue weighted by molar-refractivity contribution is -0.138. The van der Waals surface area contributed by atoms with Gasteiger partial charge < -0.3 is 18.9 Å². The maximum Gasteiger partial charge on any atom is 0.331 e. The number of methoxy groups -OCH3 is 3. The van der Waals surface area contributed by atoms with Gasteiger partial charge >= 0.3 is 5.97 Å². The monoisotopic (exact) mass is 276 g/mol. The van der Waals surface area contributed by atoms with Crippen LogP contribution in [-0.2, 0) is 19.0 Å². The van der Waals surface area contributed by atoms with Gasteiger partial charge in [-0.15, -0.1) is 0 Å². The summed E-state index contributed by atoms with van der Waals surface area (Å²) in [7, 11) is 4.61. The second-order valence-electron chi connectivity index (χ2n) is 4.02. The van der Waals surface area contributed by atoms with Gasteiger partial charge in [0.05, 0.1) is 26.9 Å². The van der Waals surface area contributed by atoms with Crippen molar-refractivity contribution in [3.05, 3.63) is 47.7 Å². The third kappa shape index (κ3) is 2.61. The minimum Gasteiger partial charge on any atom is -0.496 e. The molecule has 1 aromatic rings. The summed E-state index contributed by atoms with van der Waals surface area (Å²) in [4.78, 5) is 11.2.